The summed E-state index contributed by atoms with van der Waals surface area (Å²) < 4.78 is 5.46. The molecule has 0 unspecified atom stereocenters. The topological polar surface area (TPSA) is 29.3 Å². The molecule has 0 saturated carbocycles. The number of benzene rings is 1. The van der Waals surface area contributed by atoms with Crippen LogP contribution in [-0.4, -0.2) is 30.2 Å². The van der Waals surface area contributed by atoms with Crippen LogP contribution >= 0.6 is 0 Å². The Labute approximate surface area is 107 Å². The number of hydrogen-bond acceptors (Lipinski definition) is 3. The van der Waals surface area contributed by atoms with Crippen molar-refractivity contribution < 1.29 is 4.52 Å². The zero-order valence-electron chi connectivity index (χ0n) is 10.5. The summed E-state index contributed by atoms with van der Waals surface area (Å²) in [5.74, 6) is 0.889. The molecule has 3 nitrogen and oxygen atoms in total. The lowest BCUT2D eigenvalue weighted by Crippen LogP contribution is -2.24. The largest absolute Gasteiger partial charge is 0.356 e. The predicted molar refractivity (Wildman–Crippen MR) is 72.0 cm³/mol. The third kappa shape index (κ3) is 2.22. The molecule has 0 aliphatic carbocycles. The summed E-state index contributed by atoms with van der Waals surface area (Å²) in [5, 5.41) is 4.15. The molecule has 0 bridgehead atoms. The minimum atomic E-state index is 0.889. The standard InChI is InChI=1S/C15H16N2O/c1-17-9-5-8-13(11-17)15-10-14(16-18-15)12-6-3-2-4-7-12/h2-4,6-8,10H,5,9,11H2,1H3. The Balaban J connectivity index is 1.88. The molecule has 18 heavy (non-hydrogen) atoms. The van der Waals surface area contributed by atoms with Gasteiger partial charge in [-0.1, -0.05) is 41.6 Å². The van der Waals surface area contributed by atoms with Gasteiger partial charge in [0.15, 0.2) is 5.76 Å². The molecule has 0 saturated heterocycles. The second-order valence-electron chi connectivity index (χ2n) is 4.70. The lowest BCUT2D eigenvalue weighted by molar-refractivity contribution is 0.359. The molecule has 1 aromatic heterocycles. The summed E-state index contributed by atoms with van der Waals surface area (Å²) >= 11 is 0. The van der Waals surface area contributed by atoms with E-state index >= 15 is 0 Å². The average molecular weight is 240 g/mol. The molecule has 0 N–H and O–H groups in total. The summed E-state index contributed by atoms with van der Waals surface area (Å²) in [5.41, 5.74) is 3.23. The smallest absolute Gasteiger partial charge is 0.164 e. The van der Waals surface area contributed by atoms with Crippen LogP contribution in [-0.2, 0) is 0 Å². The van der Waals surface area contributed by atoms with E-state index < -0.39 is 0 Å². The van der Waals surface area contributed by atoms with Crippen LogP contribution in [0, 0.1) is 0 Å². The maximum atomic E-state index is 5.46. The van der Waals surface area contributed by atoms with Crippen LogP contribution in [0.25, 0.3) is 16.8 Å². The molecule has 0 radical (unpaired) electrons. The van der Waals surface area contributed by atoms with Crippen molar-refractivity contribution in [2.24, 2.45) is 0 Å². The number of hydrogen-bond donors (Lipinski definition) is 0. The van der Waals surface area contributed by atoms with Crippen molar-refractivity contribution in [2.45, 2.75) is 6.42 Å². The number of aromatic nitrogens is 1. The maximum Gasteiger partial charge on any atom is 0.164 e. The molecule has 0 fully saturated rings. The number of nitrogens with zero attached hydrogens (tertiary/aromatic N) is 2. The Hall–Kier alpha value is -1.87. The van der Waals surface area contributed by atoms with Crippen molar-refractivity contribution >= 4 is 5.57 Å². The molecule has 3 heteroatoms. The van der Waals surface area contributed by atoms with Crippen molar-refractivity contribution in [3.8, 4) is 11.3 Å². The van der Waals surface area contributed by atoms with Gasteiger partial charge in [-0.05, 0) is 13.5 Å². The van der Waals surface area contributed by atoms with Crippen molar-refractivity contribution in [1.29, 1.82) is 0 Å². The van der Waals surface area contributed by atoms with Gasteiger partial charge in [0.05, 0.1) is 0 Å². The summed E-state index contributed by atoms with van der Waals surface area (Å²) in [6.45, 7) is 2.05. The van der Waals surface area contributed by atoms with Gasteiger partial charge >= 0.3 is 0 Å². The molecule has 1 aliphatic heterocycles. The molecular weight excluding hydrogens is 224 g/mol. The molecule has 1 aromatic carbocycles. The first-order chi connectivity index (χ1) is 8.83. The van der Waals surface area contributed by atoms with Crippen LogP contribution < -0.4 is 0 Å². The second-order valence-corrected chi connectivity index (χ2v) is 4.70. The zero-order chi connectivity index (χ0) is 12.4. The van der Waals surface area contributed by atoms with Gasteiger partial charge in [-0.25, -0.2) is 0 Å². The SMILES string of the molecule is CN1CCC=C(c2cc(-c3ccccc3)no2)C1. The van der Waals surface area contributed by atoms with Crippen LogP contribution in [0.1, 0.15) is 12.2 Å². The van der Waals surface area contributed by atoms with E-state index in [-0.39, 0.29) is 0 Å². The lowest BCUT2D eigenvalue weighted by Gasteiger charge is -2.21. The summed E-state index contributed by atoms with van der Waals surface area (Å²) in [6.07, 6.45) is 3.32. The summed E-state index contributed by atoms with van der Waals surface area (Å²) in [4.78, 5) is 2.29. The predicted octanol–water partition coefficient (Wildman–Crippen LogP) is 3.06. The van der Waals surface area contributed by atoms with Gasteiger partial charge in [-0.2, -0.15) is 0 Å². The van der Waals surface area contributed by atoms with Crippen molar-refractivity contribution in [3.63, 3.8) is 0 Å². The van der Waals surface area contributed by atoms with Crippen LogP contribution in [0.3, 0.4) is 0 Å². The molecule has 2 heterocycles. The van der Waals surface area contributed by atoms with E-state index in [0.29, 0.717) is 0 Å². The molecular formula is C15H16N2O. The van der Waals surface area contributed by atoms with E-state index in [2.05, 4.69) is 23.2 Å². The van der Waals surface area contributed by atoms with E-state index in [1.54, 1.807) is 0 Å². The Morgan fingerprint density at radius 1 is 1.22 bits per heavy atom. The fourth-order valence-corrected chi connectivity index (χ4v) is 2.24. The van der Waals surface area contributed by atoms with Gasteiger partial charge in [0, 0.05) is 30.3 Å². The van der Waals surface area contributed by atoms with E-state index in [1.165, 1.54) is 5.57 Å². The first-order valence-electron chi connectivity index (χ1n) is 6.23. The molecule has 0 atom stereocenters. The monoisotopic (exact) mass is 240 g/mol. The normalized spacial score (nSPS) is 16.6. The second kappa shape index (κ2) is 4.78. The van der Waals surface area contributed by atoms with Gasteiger partial charge < -0.3 is 9.42 Å². The zero-order valence-corrected chi connectivity index (χ0v) is 10.5. The fourth-order valence-electron chi connectivity index (χ4n) is 2.24. The summed E-state index contributed by atoms with van der Waals surface area (Å²) in [7, 11) is 2.13. The molecule has 3 rings (SSSR count). The maximum absolute atomic E-state index is 5.46. The minimum absolute atomic E-state index is 0.889. The highest BCUT2D eigenvalue weighted by Crippen LogP contribution is 2.25. The van der Waals surface area contributed by atoms with E-state index in [0.717, 1.165) is 36.5 Å². The van der Waals surface area contributed by atoms with Crippen molar-refractivity contribution in [2.75, 3.05) is 20.1 Å². The van der Waals surface area contributed by atoms with Gasteiger partial charge in [0.1, 0.15) is 5.69 Å². The van der Waals surface area contributed by atoms with Crippen molar-refractivity contribution in [1.82, 2.24) is 10.1 Å². The molecule has 92 valence electrons. The first kappa shape index (κ1) is 11.2. The van der Waals surface area contributed by atoms with Gasteiger partial charge in [0.25, 0.3) is 0 Å². The number of rotatable bonds is 2. The van der Waals surface area contributed by atoms with E-state index in [4.69, 9.17) is 4.52 Å². The molecule has 1 aliphatic rings. The quantitative estimate of drug-likeness (QED) is 0.808. The highest BCUT2D eigenvalue weighted by atomic mass is 16.5. The van der Waals surface area contributed by atoms with Crippen LogP contribution in [0.4, 0.5) is 0 Å². The van der Waals surface area contributed by atoms with Crippen LogP contribution in [0.2, 0.25) is 0 Å². The van der Waals surface area contributed by atoms with Gasteiger partial charge in [-0.3, -0.25) is 0 Å². The van der Waals surface area contributed by atoms with E-state index in [9.17, 15) is 0 Å². The van der Waals surface area contributed by atoms with Gasteiger partial charge in [0.2, 0.25) is 0 Å². The minimum Gasteiger partial charge on any atom is -0.356 e. The van der Waals surface area contributed by atoms with E-state index in [1.807, 2.05) is 36.4 Å². The Kier molecular flexibility index (Phi) is 2.99. The third-order valence-electron chi connectivity index (χ3n) is 3.24. The first-order valence-corrected chi connectivity index (χ1v) is 6.23. The Morgan fingerprint density at radius 2 is 2.06 bits per heavy atom. The summed E-state index contributed by atoms with van der Waals surface area (Å²) in [6, 6.07) is 12.1. The third-order valence-corrected chi connectivity index (χ3v) is 3.24. The lowest BCUT2D eigenvalue weighted by atomic mass is 10.1. The molecule has 0 spiro atoms. The molecule has 0 amide bonds. The van der Waals surface area contributed by atoms with Crippen LogP contribution in [0.15, 0.2) is 47.0 Å². The van der Waals surface area contributed by atoms with Crippen molar-refractivity contribution in [3.05, 3.63) is 48.2 Å². The average Bonchev–Trinajstić information content (AvgIpc) is 2.89. The Morgan fingerprint density at radius 3 is 2.83 bits per heavy atom. The van der Waals surface area contributed by atoms with Crippen LogP contribution in [0.5, 0.6) is 0 Å². The number of likely N-dealkylation sites (N-methyl/N-ethyl adjacent to an activating group) is 1. The fraction of sp³-hybridized carbons (Fsp3) is 0.267. The highest BCUT2D eigenvalue weighted by molar-refractivity contribution is 5.68. The molecule has 2 aromatic rings. The van der Waals surface area contributed by atoms with Gasteiger partial charge in [-0.15, -0.1) is 0 Å². The Bertz CT molecular complexity index is 557. The highest BCUT2D eigenvalue weighted by Gasteiger charge is 2.15.